The molecule has 12 heteroatoms. The van der Waals surface area contributed by atoms with E-state index in [9.17, 15) is 9.59 Å². The van der Waals surface area contributed by atoms with Crippen molar-refractivity contribution in [3.8, 4) is 22.3 Å². The number of ether oxygens (including phenoxy) is 2. The second-order valence-corrected chi connectivity index (χ2v) is 17.1. The average molecular weight is 941 g/mol. The van der Waals surface area contributed by atoms with Crippen molar-refractivity contribution in [3.63, 3.8) is 0 Å². The number of halogens is 2. The Morgan fingerprint density at radius 2 is 0.733 bits per heavy atom. The Labute approximate surface area is 371 Å². The highest BCUT2D eigenvalue weighted by atomic mass is 79.9. The van der Waals surface area contributed by atoms with E-state index in [1.807, 2.05) is 139 Å². The van der Waals surface area contributed by atoms with E-state index in [1.54, 1.807) is 24.8 Å². The van der Waals surface area contributed by atoms with Gasteiger partial charge in [-0.2, -0.15) is 0 Å². The number of hydrogen-bond donors (Lipinski definition) is 4. The minimum Gasteiger partial charge on any atom is -0.444 e. The first-order valence-electron chi connectivity index (χ1n) is 19.3. The molecule has 0 aliphatic heterocycles. The van der Waals surface area contributed by atoms with Crippen LogP contribution in [-0.4, -0.2) is 33.4 Å². The Balaban J connectivity index is 0.000000222. The maximum Gasteiger partial charge on any atom is 0.407 e. The number of alkyl carbamates (subject to hydrolysis) is 2. The molecular weight excluding hydrogens is 884 g/mol. The monoisotopic (exact) mass is 938 g/mol. The molecule has 6 aromatic rings. The molecule has 0 spiro atoms. The van der Waals surface area contributed by atoms with Crippen LogP contribution in [0, 0.1) is 0 Å². The molecule has 0 radical (unpaired) electrons. The van der Waals surface area contributed by atoms with E-state index in [-0.39, 0.29) is 0 Å². The standard InChI is InChI=1S/C17H20N2O2.C12H16BrNO2.C12H12N2.C7H8BrN/c1-17(2,3)21-16(20)19-12-13-4-6-14(7-5-13)15-8-10-18-11-9-15;1-12(2,3)16-11(15)14-8-9-4-6-10(13)7-5-9;13-9-10-1-3-11(4-2-10)12-5-7-14-8-6-12;8-7-3-1-6(5-9)2-4-7/h4-11H,12H2,1-3H3,(H,19,20);4-7H,8H2,1-3H3,(H,14,15);1-8H,9,13H2;1-4H,5,9H2. The summed E-state index contributed by atoms with van der Waals surface area (Å²) >= 11 is 6.69. The summed E-state index contributed by atoms with van der Waals surface area (Å²) in [4.78, 5) is 30.9. The van der Waals surface area contributed by atoms with Gasteiger partial charge in [0.25, 0.3) is 0 Å². The Kier molecular flexibility index (Phi) is 20.6. The molecule has 2 heterocycles. The molecule has 2 amide bonds. The lowest BCUT2D eigenvalue weighted by molar-refractivity contribution is 0.0512. The molecule has 0 aliphatic rings. The summed E-state index contributed by atoms with van der Waals surface area (Å²) in [6.45, 7) is 13.2. The van der Waals surface area contributed by atoms with Crippen LogP contribution in [0.25, 0.3) is 22.3 Å². The topological polar surface area (TPSA) is 154 Å². The van der Waals surface area contributed by atoms with Gasteiger partial charge in [-0.1, -0.05) is 105 Å². The van der Waals surface area contributed by atoms with Crippen molar-refractivity contribution in [2.75, 3.05) is 0 Å². The third-order valence-corrected chi connectivity index (χ3v) is 8.96. The maximum absolute atomic E-state index is 11.6. The van der Waals surface area contributed by atoms with Crippen LogP contribution < -0.4 is 22.1 Å². The van der Waals surface area contributed by atoms with Crippen LogP contribution >= 0.6 is 31.9 Å². The normalized spacial score (nSPS) is 10.6. The van der Waals surface area contributed by atoms with Gasteiger partial charge in [-0.05, 0) is 135 Å². The van der Waals surface area contributed by atoms with Gasteiger partial charge < -0.3 is 31.6 Å². The summed E-state index contributed by atoms with van der Waals surface area (Å²) in [6.07, 6.45) is 6.34. The molecule has 6 N–H and O–H groups in total. The number of carbonyl (C=O) groups is 2. The molecule has 0 fully saturated rings. The lowest BCUT2D eigenvalue weighted by Gasteiger charge is -2.19. The summed E-state index contributed by atoms with van der Waals surface area (Å²) in [5.74, 6) is 0. The Hall–Kier alpha value is -5.40. The zero-order valence-corrected chi connectivity index (χ0v) is 38.3. The van der Waals surface area contributed by atoms with E-state index >= 15 is 0 Å². The number of amides is 2. The number of carbonyl (C=O) groups excluding carboxylic acids is 2. The van der Waals surface area contributed by atoms with Crippen LogP contribution in [0.5, 0.6) is 0 Å². The van der Waals surface area contributed by atoms with E-state index in [1.165, 1.54) is 16.7 Å². The molecule has 60 heavy (non-hydrogen) atoms. The van der Waals surface area contributed by atoms with Gasteiger partial charge in [0.15, 0.2) is 0 Å². The fraction of sp³-hybridized carbons (Fsp3) is 0.250. The molecular formula is C48H56Br2N6O4. The van der Waals surface area contributed by atoms with Crippen molar-refractivity contribution in [1.29, 1.82) is 0 Å². The fourth-order valence-electron chi connectivity index (χ4n) is 4.94. The first-order chi connectivity index (χ1) is 28.5. The Morgan fingerprint density at radius 3 is 1.03 bits per heavy atom. The molecule has 4 aromatic carbocycles. The third-order valence-electron chi connectivity index (χ3n) is 7.90. The fourth-order valence-corrected chi connectivity index (χ4v) is 5.47. The summed E-state index contributed by atoms with van der Waals surface area (Å²) in [5.41, 5.74) is 19.0. The van der Waals surface area contributed by atoms with Crippen LogP contribution in [0.3, 0.4) is 0 Å². The van der Waals surface area contributed by atoms with Gasteiger partial charge in [0.1, 0.15) is 11.2 Å². The zero-order valence-electron chi connectivity index (χ0n) is 35.1. The van der Waals surface area contributed by atoms with Crippen molar-refractivity contribution in [3.05, 3.63) is 177 Å². The van der Waals surface area contributed by atoms with Gasteiger partial charge in [-0.3, -0.25) is 9.97 Å². The minimum atomic E-state index is -0.477. The number of nitrogens with zero attached hydrogens (tertiary/aromatic N) is 2. The average Bonchev–Trinajstić information content (AvgIpc) is 3.23. The summed E-state index contributed by atoms with van der Waals surface area (Å²) in [5, 5.41) is 5.44. The first-order valence-corrected chi connectivity index (χ1v) is 20.9. The highest BCUT2D eigenvalue weighted by molar-refractivity contribution is 9.10. The van der Waals surface area contributed by atoms with Crippen LogP contribution in [0.4, 0.5) is 9.59 Å². The number of rotatable bonds is 8. The minimum absolute atomic E-state index is 0.393. The smallest absolute Gasteiger partial charge is 0.407 e. The van der Waals surface area contributed by atoms with Gasteiger partial charge >= 0.3 is 12.2 Å². The van der Waals surface area contributed by atoms with Gasteiger partial charge in [0.05, 0.1) is 0 Å². The molecule has 10 nitrogen and oxygen atoms in total. The summed E-state index contributed by atoms with van der Waals surface area (Å²) in [6, 6.07) is 40.0. The van der Waals surface area contributed by atoms with Crippen molar-refractivity contribution in [1.82, 2.24) is 20.6 Å². The van der Waals surface area contributed by atoms with Crippen molar-refractivity contribution >= 4 is 44.0 Å². The number of hydrogen-bond acceptors (Lipinski definition) is 8. The first kappa shape index (κ1) is 49.0. The zero-order chi connectivity index (χ0) is 44.0. The number of nitrogens with two attached hydrogens (primary N) is 2. The highest BCUT2D eigenvalue weighted by Crippen LogP contribution is 2.20. The van der Waals surface area contributed by atoms with E-state index in [0.29, 0.717) is 26.2 Å². The second-order valence-electron chi connectivity index (χ2n) is 15.2. The Bertz CT molecular complexity index is 2120. The van der Waals surface area contributed by atoms with E-state index < -0.39 is 23.4 Å². The molecule has 0 aliphatic carbocycles. The van der Waals surface area contributed by atoms with Crippen molar-refractivity contribution < 1.29 is 19.1 Å². The summed E-state index contributed by atoms with van der Waals surface area (Å²) in [7, 11) is 0. The van der Waals surface area contributed by atoms with Crippen LogP contribution in [0.15, 0.2) is 155 Å². The molecule has 6 rings (SSSR count). The number of benzene rings is 4. The van der Waals surface area contributed by atoms with E-state index in [4.69, 9.17) is 20.9 Å². The SMILES string of the molecule is CC(C)(C)OC(=O)NCc1ccc(-c2ccncc2)cc1.CC(C)(C)OC(=O)NCc1ccc(Br)cc1.NCc1ccc(-c2ccncc2)cc1.NCc1ccc(Br)cc1. The molecule has 0 saturated heterocycles. The van der Waals surface area contributed by atoms with Gasteiger partial charge in [0, 0.05) is 59.9 Å². The van der Waals surface area contributed by atoms with Gasteiger partial charge in [-0.15, -0.1) is 0 Å². The predicted molar refractivity (Wildman–Crippen MR) is 250 cm³/mol. The molecule has 0 bridgehead atoms. The van der Waals surface area contributed by atoms with Gasteiger partial charge in [-0.25, -0.2) is 9.59 Å². The van der Waals surface area contributed by atoms with Crippen molar-refractivity contribution in [2.24, 2.45) is 11.5 Å². The molecule has 0 atom stereocenters. The van der Waals surface area contributed by atoms with E-state index in [2.05, 4.69) is 76.7 Å². The number of nitrogens with one attached hydrogen (secondary N) is 2. The van der Waals surface area contributed by atoms with Crippen molar-refractivity contribution in [2.45, 2.75) is 78.9 Å². The van der Waals surface area contributed by atoms with Crippen LogP contribution in [-0.2, 0) is 35.7 Å². The quantitative estimate of drug-likeness (QED) is 0.118. The largest absolute Gasteiger partial charge is 0.444 e. The number of aromatic nitrogens is 2. The Morgan fingerprint density at radius 1 is 0.467 bits per heavy atom. The van der Waals surface area contributed by atoms with Gasteiger partial charge in [0.2, 0.25) is 0 Å². The van der Waals surface area contributed by atoms with E-state index in [0.717, 1.165) is 36.8 Å². The third kappa shape index (κ3) is 20.5. The second kappa shape index (κ2) is 25.3. The van der Waals surface area contributed by atoms with Crippen LogP contribution in [0.1, 0.15) is 63.8 Å². The lowest BCUT2D eigenvalue weighted by Crippen LogP contribution is -2.32. The molecule has 2 aromatic heterocycles. The molecule has 0 unspecified atom stereocenters. The lowest BCUT2D eigenvalue weighted by atomic mass is 10.1. The maximum atomic E-state index is 11.6. The molecule has 0 saturated carbocycles. The van der Waals surface area contributed by atoms with Crippen LogP contribution in [0.2, 0.25) is 0 Å². The summed E-state index contributed by atoms with van der Waals surface area (Å²) < 4.78 is 12.4. The highest BCUT2D eigenvalue weighted by Gasteiger charge is 2.16. The predicted octanol–water partition coefficient (Wildman–Crippen LogP) is 11.4. The number of pyridine rings is 2. The molecule has 316 valence electrons.